The van der Waals surface area contributed by atoms with E-state index in [1.807, 2.05) is 0 Å². The minimum absolute atomic E-state index is 0.00425. The second kappa shape index (κ2) is 6.48. The molecule has 5 heteroatoms. The lowest BCUT2D eigenvalue weighted by Crippen LogP contribution is -2.37. The van der Waals surface area contributed by atoms with Gasteiger partial charge in [-0.1, -0.05) is 0 Å². The van der Waals surface area contributed by atoms with Crippen molar-refractivity contribution >= 4 is 11.9 Å². The molecule has 0 atom stereocenters. The SMILES string of the molecule is CC(=O)NCCCN1CCC(C(=O)O)CC1. The molecule has 1 saturated heterocycles. The van der Waals surface area contributed by atoms with Gasteiger partial charge in [0, 0.05) is 13.5 Å². The lowest BCUT2D eigenvalue weighted by molar-refractivity contribution is -0.143. The molecule has 0 aliphatic carbocycles. The van der Waals surface area contributed by atoms with Crippen LogP contribution in [0.25, 0.3) is 0 Å². The zero-order valence-electron chi connectivity index (χ0n) is 9.74. The molecule has 5 nitrogen and oxygen atoms in total. The second-order valence-electron chi connectivity index (χ2n) is 4.29. The van der Waals surface area contributed by atoms with Crippen LogP contribution in [-0.2, 0) is 9.59 Å². The number of hydrogen-bond acceptors (Lipinski definition) is 3. The van der Waals surface area contributed by atoms with E-state index in [1.54, 1.807) is 0 Å². The van der Waals surface area contributed by atoms with Gasteiger partial charge in [0.1, 0.15) is 0 Å². The highest BCUT2D eigenvalue weighted by Gasteiger charge is 2.23. The summed E-state index contributed by atoms with van der Waals surface area (Å²) in [6.45, 7) is 4.87. The number of amides is 1. The molecule has 1 amide bonds. The summed E-state index contributed by atoms with van der Waals surface area (Å²) in [6.07, 6.45) is 2.42. The first-order chi connectivity index (χ1) is 7.59. The van der Waals surface area contributed by atoms with Gasteiger partial charge in [0.15, 0.2) is 0 Å². The standard InChI is InChI=1S/C11H20N2O3/c1-9(14)12-5-2-6-13-7-3-10(4-8-13)11(15)16/h10H,2-8H2,1H3,(H,12,14)(H,15,16). The fraction of sp³-hybridized carbons (Fsp3) is 0.818. The molecular weight excluding hydrogens is 208 g/mol. The molecule has 0 aromatic heterocycles. The molecule has 92 valence electrons. The molecule has 1 rings (SSSR count). The van der Waals surface area contributed by atoms with Gasteiger partial charge < -0.3 is 15.3 Å². The minimum atomic E-state index is -0.669. The van der Waals surface area contributed by atoms with Crippen molar-refractivity contribution in [3.8, 4) is 0 Å². The second-order valence-corrected chi connectivity index (χ2v) is 4.29. The Hall–Kier alpha value is -1.10. The molecule has 1 aliphatic rings. The predicted molar refractivity (Wildman–Crippen MR) is 60.1 cm³/mol. The van der Waals surface area contributed by atoms with Crippen LogP contribution in [0.5, 0.6) is 0 Å². The van der Waals surface area contributed by atoms with E-state index in [1.165, 1.54) is 6.92 Å². The molecule has 0 radical (unpaired) electrons. The van der Waals surface area contributed by atoms with Crippen molar-refractivity contribution in [2.24, 2.45) is 5.92 Å². The first kappa shape index (κ1) is 13.0. The first-order valence-electron chi connectivity index (χ1n) is 5.79. The van der Waals surface area contributed by atoms with E-state index < -0.39 is 5.97 Å². The van der Waals surface area contributed by atoms with Gasteiger partial charge in [-0.2, -0.15) is 0 Å². The smallest absolute Gasteiger partial charge is 0.306 e. The Bertz CT molecular complexity index is 248. The van der Waals surface area contributed by atoms with Gasteiger partial charge >= 0.3 is 5.97 Å². The summed E-state index contributed by atoms with van der Waals surface area (Å²) >= 11 is 0. The van der Waals surface area contributed by atoms with Gasteiger partial charge in [-0.15, -0.1) is 0 Å². The number of carbonyl (C=O) groups is 2. The molecule has 1 aliphatic heterocycles. The topological polar surface area (TPSA) is 69.6 Å². The molecule has 0 aromatic carbocycles. The van der Waals surface area contributed by atoms with Crippen molar-refractivity contribution in [2.45, 2.75) is 26.2 Å². The number of rotatable bonds is 5. The van der Waals surface area contributed by atoms with Crippen LogP contribution in [0.4, 0.5) is 0 Å². The van der Waals surface area contributed by atoms with Gasteiger partial charge in [0.25, 0.3) is 0 Å². The van der Waals surface area contributed by atoms with Crippen molar-refractivity contribution in [3.63, 3.8) is 0 Å². The Morgan fingerprint density at radius 3 is 2.50 bits per heavy atom. The van der Waals surface area contributed by atoms with E-state index in [2.05, 4.69) is 10.2 Å². The molecule has 0 bridgehead atoms. The largest absolute Gasteiger partial charge is 0.481 e. The van der Waals surface area contributed by atoms with Crippen LogP contribution in [-0.4, -0.2) is 48.1 Å². The van der Waals surface area contributed by atoms with E-state index in [4.69, 9.17) is 5.11 Å². The fourth-order valence-electron chi connectivity index (χ4n) is 1.97. The van der Waals surface area contributed by atoms with Crippen LogP contribution in [0.2, 0.25) is 0 Å². The lowest BCUT2D eigenvalue weighted by atomic mass is 9.97. The average Bonchev–Trinajstić information content (AvgIpc) is 2.25. The molecule has 0 spiro atoms. The van der Waals surface area contributed by atoms with Crippen LogP contribution in [0.3, 0.4) is 0 Å². The summed E-state index contributed by atoms with van der Waals surface area (Å²) < 4.78 is 0. The van der Waals surface area contributed by atoms with Crippen LogP contribution in [0.1, 0.15) is 26.2 Å². The monoisotopic (exact) mass is 228 g/mol. The quantitative estimate of drug-likeness (QED) is 0.664. The lowest BCUT2D eigenvalue weighted by Gasteiger charge is -2.29. The van der Waals surface area contributed by atoms with Crippen LogP contribution in [0, 0.1) is 5.92 Å². The van der Waals surface area contributed by atoms with Crippen molar-refractivity contribution in [3.05, 3.63) is 0 Å². The summed E-state index contributed by atoms with van der Waals surface area (Å²) in [4.78, 5) is 23.6. The highest BCUT2D eigenvalue weighted by atomic mass is 16.4. The van der Waals surface area contributed by atoms with Gasteiger partial charge in [0.05, 0.1) is 5.92 Å². The molecule has 1 fully saturated rings. The maximum Gasteiger partial charge on any atom is 0.306 e. The third-order valence-electron chi connectivity index (χ3n) is 2.96. The zero-order valence-corrected chi connectivity index (χ0v) is 9.74. The highest BCUT2D eigenvalue weighted by Crippen LogP contribution is 2.16. The Morgan fingerprint density at radius 2 is 2.00 bits per heavy atom. The number of nitrogens with one attached hydrogen (secondary N) is 1. The Labute approximate surface area is 95.8 Å². The summed E-state index contributed by atoms with van der Waals surface area (Å²) in [5, 5.41) is 11.6. The van der Waals surface area contributed by atoms with E-state index in [0.29, 0.717) is 6.54 Å². The van der Waals surface area contributed by atoms with Gasteiger partial charge in [-0.05, 0) is 38.9 Å². The van der Waals surface area contributed by atoms with Gasteiger partial charge in [-0.3, -0.25) is 9.59 Å². The number of carboxylic acids is 1. The number of piperidine rings is 1. The average molecular weight is 228 g/mol. The van der Waals surface area contributed by atoms with E-state index in [9.17, 15) is 9.59 Å². The first-order valence-corrected chi connectivity index (χ1v) is 5.79. The van der Waals surface area contributed by atoms with Gasteiger partial charge in [-0.25, -0.2) is 0 Å². The van der Waals surface area contributed by atoms with Crippen LogP contribution >= 0.6 is 0 Å². The van der Waals surface area contributed by atoms with Crippen LogP contribution in [0.15, 0.2) is 0 Å². The van der Waals surface area contributed by atoms with Crippen molar-refractivity contribution in [1.29, 1.82) is 0 Å². The summed E-state index contributed by atoms with van der Waals surface area (Å²) in [7, 11) is 0. The number of nitrogens with zero attached hydrogens (tertiary/aromatic N) is 1. The number of carboxylic acid groups (broad SMARTS) is 1. The zero-order chi connectivity index (χ0) is 12.0. The fourth-order valence-corrected chi connectivity index (χ4v) is 1.97. The predicted octanol–water partition coefficient (Wildman–Crippen LogP) is 0.309. The molecule has 1 heterocycles. The Balaban J connectivity index is 2.08. The maximum absolute atomic E-state index is 10.7. The van der Waals surface area contributed by atoms with Crippen molar-refractivity contribution in [2.75, 3.05) is 26.2 Å². The number of aliphatic carboxylic acids is 1. The third kappa shape index (κ3) is 4.61. The number of hydrogen-bond donors (Lipinski definition) is 2. The summed E-state index contributed by atoms with van der Waals surface area (Å²) in [5.74, 6) is -0.825. The maximum atomic E-state index is 10.7. The normalized spacial score (nSPS) is 18.3. The Kier molecular flexibility index (Phi) is 5.25. The molecule has 16 heavy (non-hydrogen) atoms. The molecule has 0 aromatic rings. The van der Waals surface area contributed by atoms with E-state index in [0.717, 1.165) is 38.9 Å². The van der Waals surface area contributed by atoms with E-state index >= 15 is 0 Å². The minimum Gasteiger partial charge on any atom is -0.481 e. The third-order valence-corrected chi connectivity index (χ3v) is 2.96. The summed E-state index contributed by atoms with van der Waals surface area (Å²) in [5.41, 5.74) is 0. The molecule has 0 unspecified atom stereocenters. The number of likely N-dealkylation sites (tertiary alicyclic amines) is 1. The van der Waals surface area contributed by atoms with Crippen molar-refractivity contribution in [1.82, 2.24) is 10.2 Å². The molecule has 0 saturated carbocycles. The Morgan fingerprint density at radius 1 is 1.38 bits per heavy atom. The van der Waals surface area contributed by atoms with E-state index in [-0.39, 0.29) is 11.8 Å². The molecular formula is C11H20N2O3. The summed E-state index contributed by atoms with van der Waals surface area (Å²) in [6, 6.07) is 0. The van der Waals surface area contributed by atoms with Gasteiger partial charge in [0.2, 0.25) is 5.91 Å². The number of carbonyl (C=O) groups excluding carboxylic acids is 1. The highest BCUT2D eigenvalue weighted by molar-refractivity contribution is 5.72. The van der Waals surface area contributed by atoms with Crippen molar-refractivity contribution < 1.29 is 14.7 Å². The van der Waals surface area contributed by atoms with Crippen LogP contribution < -0.4 is 5.32 Å². The molecule has 2 N–H and O–H groups in total.